The Morgan fingerprint density at radius 2 is 0.849 bits per heavy atom. The molecular weight excluding hydrogens is 694 g/mol. The summed E-state index contributed by atoms with van der Waals surface area (Å²) < 4.78 is 12.3. The lowest BCUT2D eigenvalue weighted by Gasteiger charge is -2.55. The van der Waals surface area contributed by atoms with Crippen molar-refractivity contribution in [3.05, 3.63) is 109 Å². The Morgan fingerprint density at radius 3 is 1.23 bits per heavy atom. The minimum Gasteiger partial charge on any atom is -0.394 e. The van der Waals surface area contributed by atoms with Gasteiger partial charge in [0.15, 0.2) is 5.79 Å². The van der Waals surface area contributed by atoms with Crippen LogP contribution in [0, 0.1) is 0 Å². The number of ether oxygens (including phenoxy) is 2. The van der Waals surface area contributed by atoms with Crippen LogP contribution < -0.4 is 10.6 Å². The van der Waals surface area contributed by atoms with E-state index in [0.29, 0.717) is 18.6 Å². The fourth-order valence-corrected chi connectivity index (χ4v) is 18.1. The molecule has 7 rings (SSSR count). The van der Waals surface area contributed by atoms with Gasteiger partial charge in [0.05, 0.1) is 26.4 Å². The van der Waals surface area contributed by atoms with Crippen LogP contribution in [0.1, 0.15) is 81.1 Å². The highest BCUT2D eigenvalue weighted by atomic mass is 31.1. The van der Waals surface area contributed by atoms with Crippen LogP contribution in [0.25, 0.3) is 22.3 Å². The van der Waals surface area contributed by atoms with Crippen molar-refractivity contribution >= 4 is 32.2 Å². The topological polar surface area (TPSA) is 76.0 Å². The highest BCUT2D eigenvalue weighted by Crippen LogP contribution is 2.69. The third-order valence-corrected chi connectivity index (χ3v) is 17.7. The summed E-state index contributed by atoms with van der Waals surface area (Å²) in [6.07, 6.45) is 3.34. The van der Waals surface area contributed by atoms with Gasteiger partial charge >= 0.3 is 0 Å². The molecule has 0 saturated carbocycles. The summed E-state index contributed by atoms with van der Waals surface area (Å²) in [4.78, 5) is 12.2. The summed E-state index contributed by atoms with van der Waals surface area (Å²) in [7, 11) is -0.845. The molecule has 0 aliphatic carbocycles. The first-order chi connectivity index (χ1) is 25.1. The number of aliphatic hydroxyl groups is 2. The summed E-state index contributed by atoms with van der Waals surface area (Å²) in [6.45, 7) is 20.0. The number of carbonyl (C=O) groups is 1. The van der Waals surface area contributed by atoms with Crippen LogP contribution in [0.15, 0.2) is 109 Å². The highest BCUT2D eigenvalue weighted by Gasteiger charge is 2.57. The zero-order valence-electron chi connectivity index (χ0n) is 33.1. The average molecular weight is 755 g/mol. The lowest BCUT2D eigenvalue weighted by Crippen LogP contribution is -2.52. The van der Waals surface area contributed by atoms with Crippen LogP contribution in [-0.4, -0.2) is 68.8 Å². The van der Waals surface area contributed by atoms with E-state index in [1.165, 1.54) is 32.9 Å². The molecular formula is C46H60O5P2. The third-order valence-electron chi connectivity index (χ3n) is 10.5. The zero-order valence-corrected chi connectivity index (χ0v) is 34.9. The van der Waals surface area contributed by atoms with Gasteiger partial charge in [0.1, 0.15) is 5.78 Å². The van der Waals surface area contributed by atoms with Gasteiger partial charge in [-0.3, -0.25) is 4.79 Å². The summed E-state index contributed by atoms with van der Waals surface area (Å²) in [5, 5.41) is 18.6. The number of hydrogen-bond acceptors (Lipinski definition) is 5. The molecule has 4 aromatic rings. The van der Waals surface area contributed by atoms with Crippen LogP contribution >= 0.6 is 15.8 Å². The van der Waals surface area contributed by atoms with Gasteiger partial charge in [-0.05, 0) is 53.5 Å². The van der Waals surface area contributed by atoms with Crippen LogP contribution in [-0.2, 0) is 14.3 Å². The van der Waals surface area contributed by atoms with E-state index in [-0.39, 0.29) is 39.6 Å². The van der Waals surface area contributed by atoms with Gasteiger partial charge in [-0.2, -0.15) is 0 Å². The van der Waals surface area contributed by atoms with E-state index in [2.05, 4.69) is 165 Å². The van der Waals surface area contributed by atoms with Gasteiger partial charge in [-0.25, -0.2) is 0 Å². The highest BCUT2D eigenvalue weighted by molar-refractivity contribution is 7.69. The van der Waals surface area contributed by atoms with Gasteiger partial charge in [0.2, 0.25) is 0 Å². The molecule has 0 bridgehead atoms. The van der Waals surface area contributed by atoms with E-state index in [4.69, 9.17) is 19.7 Å². The fraction of sp³-hybridized carbons (Fsp3) is 0.457. The maximum atomic E-state index is 12.2. The SMILES string of the molecule is CC1(C)CC(=O)CC(C)(C)P1c1ccccc1-c1ccccc1.CC1(C)CC2(CC(C)(C)P1c1ccccc1-c1ccccc1)OCCO2.OCCO. The quantitative estimate of drug-likeness (QED) is 0.199. The molecule has 1 spiro atoms. The average Bonchev–Trinajstić information content (AvgIpc) is 3.53. The summed E-state index contributed by atoms with van der Waals surface area (Å²) in [5.74, 6) is 0.0315. The second-order valence-electron chi connectivity index (χ2n) is 17.0. The van der Waals surface area contributed by atoms with Crippen molar-refractivity contribution in [3.8, 4) is 22.3 Å². The molecule has 0 aromatic heterocycles. The lowest BCUT2D eigenvalue weighted by molar-refractivity contribution is -0.178. The van der Waals surface area contributed by atoms with E-state index >= 15 is 0 Å². The minimum absolute atomic E-state index is 0.0407. The minimum atomic E-state index is -0.445. The number of rotatable bonds is 5. The molecule has 4 aromatic carbocycles. The number of aliphatic hydroxyl groups excluding tert-OH is 2. The van der Waals surface area contributed by atoms with Crippen LogP contribution in [0.2, 0.25) is 0 Å². The normalized spacial score (nSPS) is 21.2. The number of benzene rings is 4. The number of ketones is 1. The van der Waals surface area contributed by atoms with E-state index in [1.54, 1.807) is 0 Å². The fourth-order valence-electron chi connectivity index (χ4n) is 9.43. The molecule has 2 N–H and O–H groups in total. The Balaban J connectivity index is 0.000000187. The molecule has 3 fully saturated rings. The summed E-state index contributed by atoms with van der Waals surface area (Å²) in [5.41, 5.74) is 5.29. The van der Waals surface area contributed by atoms with Gasteiger partial charge in [0.25, 0.3) is 0 Å². The molecule has 3 aliphatic rings. The Kier molecular flexibility index (Phi) is 13.2. The molecule has 284 valence electrons. The first-order valence-corrected chi connectivity index (χ1v) is 21.7. The third kappa shape index (κ3) is 9.56. The molecule has 0 atom stereocenters. The van der Waals surface area contributed by atoms with Gasteiger partial charge in [0, 0.05) is 25.7 Å². The molecule has 7 heteroatoms. The number of Topliss-reactive ketones (excluding diaryl/α,β-unsaturated/α-hetero) is 1. The lowest BCUT2D eigenvalue weighted by atomic mass is 9.91. The Morgan fingerprint density at radius 1 is 0.509 bits per heavy atom. The predicted octanol–water partition coefficient (Wildman–Crippen LogP) is 9.91. The summed E-state index contributed by atoms with van der Waals surface area (Å²) >= 11 is 0. The second-order valence-corrected chi connectivity index (χ2v) is 24.1. The monoisotopic (exact) mass is 754 g/mol. The molecule has 3 saturated heterocycles. The zero-order chi connectivity index (χ0) is 38.5. The maximum Gasteiger partial charge on any atom is 0.170 e. The molecule has 0 radical (unpaired) electrons. The second kappa shape index (κ2) is 16.9. The van der Waals surface area contributed by atoms with Crippen molar-refractivity contribution in [2.75, 3.05) is 26.4 Å². The van der Waals surface area contributed by atoms with Crippen LogP contribution in [0.4, 0.5) is 0 Å². The Bertz CT molecular complexity index is 1750. The predicted molar refractivity (Wildman–Crippen MR) is 225 cm³/mol. The Hall–Kier alpha value is -2.75. The largest absolute Gasteiger partial charge is 0.394 e. The van der Waals surface area contributed by atoms with Crippen molar-refractivity contribution in [3.63, 3.8) is 0 Å². The molecule has 3 heterocycles. The smallest absolute Gasteiger partial charge is 0.170 e. The van der Waals surface area contributed by atoms with Crippen LogP contribution in [0.3, 0.4) is 0 Å². The van der Waals surface area contributed by atoms with Crippen molar-refractivity contribution in [2.24, 2.45) is 0 Å². The molecule has 5 nitrogen and oxygen atoms in total. The van der Waals surface area contributed by atoms with E-state index in [0.717, 1.165) is 26.1 Å². The number of carbonyl (C=O) groups excluding carboxylic acids is 1. The first kappa shape index (κ1) is 41.4. The van der Waals surface area contributed by atoms with Crippen LogP contribution in [0.5, 0.6) is 0 Å². The Labute approximate surface area is 321 Å². The molecule has 0 unspecified atom stereocenters. The maximum absolute atomic E-state index is 12.2. The molecule has 0 amide bonds. The van der Waals surface area contributed by atoms with Crippen molar-refractivity contribution in [2.45, 2.75) is 107 Å². The molecule has 53 heavy (non-hydrogen) atoms. The summed E-state index contributed by atoms with van der Waals surface area (Å²) in [6, 6.07) is 39.2. The van der Waals surface area contributed by atoms with Gasteiger partial charge in [-0.15, -0.1) is 0 Å². The van der Waals surface area contributed by atoms with E-state index < -0.39 is 15.8 Å². The molecule has 3 aliphatic heterocycles. The van der Waals surface area contributed by atoms with Crippen molar-refractivity contribution in [1.82, 2.24) is 0 Å². The standard InChI is InChI=1S/C23H29O2P.C21H25OP.C2H6O2/c1-21(2)16-23(24-14-15-25-23)17-22(3,4)26(21)20-13-9-8-12-19(20)18-10-6-5-7-11-18;1-20(2)14-17(22)15-21(3,4)23(20)19-13-9-8-12-18(19)16-10-6-5-7-11-16;3-1-2-4/h5-13H,14-17H2,1-4H3;5-13H,14-15H2,1-4H3;3-4H,1-2H2. The van der Waals surface area contributed by atoms with E-state index in [9.17, 15) is 4.79 Å². The van der Waals surface area contributed by atoms with Crippen molar-refractivity contribution in [1.29, 1.82) is 0 Å². The van der Waals surface area contributed by atoms with Gasteiger partial charge in [-0.1, -0.05) is 180 Å². The number of hydrogen-bond donors (Lipinski definition) is 2. The van der Waals surface area contributed by atoms with E-state index in [1.807, 2.05) is 0 Å². The van der Waals surface area contributed by atoms with Crippen molar-refractivity contribution < 1.29 is 24.5 Å². The first-order valence-electron chi connectivity index (χ1n) is 19.0. The van der Waals surface area contributed by atoms with Gasteiger partial charge < -0.3 is 19.7 Å².